The third kappa shape index (κ3) is 5.01. The van der Waals surface area contributed by atoms with Crippen LogP contribution in [0, 0.1) is 22.9 Å². The first-order valence-electron chi connectivity index (χ1n) is 9.13. The van der Waals surface area contributed by atoms with Crippen LogP contribution in [0.2, 0.25) is 0 Å². The van der Waals surface area contributed by atoms with E-state index in [1.165, 1.54) is 49.6 Å². The highest BCUT2D eigenvalue weighted by Gasteiger charge is 2.21. The lowest BCUT2D eigenvalue weighted by Crippen LogP contribution is -2.16. The van der Waals surface area contributed by atoms with Crippen LogP contribution in [0.3, 0.4) is 0 Å². The number of aryl methyl sites for hydroxylation is 1. The highest BCUT2D eigenvalue weighted by Crippen LogP contribution is 2.31. The number of nitro benzene ring substituents is 1. The summed E-state index contributed by atoms with van der Waals surface area (Å²) in [5.74, 6) is -1.09. The third-order valence-electron chi connectivity index (χ3n) is 4.49. The molecule has 0 aliphatic carbocycles. The highest BCUT2D eigenvalue weighted by atomic mass is 32.2. The molecule has 3 rings (SSSR count). The molecule has 0 heterocycles. The highest BCUT2D eigenvalue weighted by molar-refractivity contribution is 7.92. The summed E-state index contributed by atoms with van der Waals surface area (Å²) >= 11 is 0. The van der Waals surface area contributed by atoms with Crippen molar-refractivity contribution in [3.63, 3.8) is 0 Å². The van der Waals surface area contributed by atoms with Crippen molar-refractivity contribution < 1.29 is 27.3 Å². The van der Waals surface area contributed by atoms with Gasteiger partial charge in [0.15, 0.2) is 0 Å². The lowest BCUT2D eigenvalue weighted by molar-refractivity contribution is -0.384. The Morgan fingerprint density at radius 2 is 1.81 bits per heavy atom. The molecule has 0 aromatic heterocycles. The second kappa shape index (κ2) is 9.02. The van der Waals surface area contributed by atoms with Crippen LogP contribution in [-0.4, -0.2) is 26.4 Å². The predicted molar refractivity (Wildman–Crippen MR) is 116 cm³/mol. The second-order valence-corrected chi connectivity index (χ2v) is 8.37. The molecule has 0 radical (unpaired) electrons. The van der Waals surface area contributed by atoms with Gasteiger partial charge in [0.2, 0.25) is 0 Å². The van der Waals surface area contributed by atoms with Crippen LogP contribution in [0.25, 0.3) is 0 Å². The Labute approximate surface area is 183 Å². The lowest BCUT2D eigenvalue weighted by Gasteiger charge is -2.13. The van der Waals surface area contributed by atoms with Gasteiger partial charge < -0.3 is 10.1 Å². The van der Waals surface area contributed by atoms with Crippen molar-refractivity contribution >= 4 is 33.0 Å². The zero-order valence-electron chi connectivity index (χ0n) is 17.0. The molecule has 0 unspecified atom stereocenters. The molecular formula is C21H18FN3O6S. The van der Waals surface area contributed by atoms with Crippen molar-refractivity contribution in [3.8, 4) is 5.75 Å². The minimum absolute atomic E-state index is 0.0162. The summed E-state index contributed by atoms with van der Waals surface area (Å²) in [7, 11) is -2.93. The lowest BCUT2D eigenvalue weighted by atomic mass is 10.1. The molecule has 0 bridgehead atoms. The smallest absolute Gasteiger partial charge is 0.271 e. The molecular weight excluding hydrogens is 441 g/mol. The van der Waals surface area contributed by atoms with Crippen molar-refractivity contribution in [2.75, 3.05) is 17.1 Å². The van der Waals surface area contributed by atoms with Gasteiger partial charge in [-0.25, -0.2) is 12.8 Å². The molecule has 0 fully saturated rings. The number of halogens is 1. The first-order chi connectivity index (χ1) is 15.1. The van der Waals surface area contributed by atoms with Crippen LogP contribution in [0.5, 0.6) is 5.75 Å². The van der Waals surface area contributed by atoms with Gasteiger partial charge in [-0.05, 0) is 48.9 Å². The van der Waals surface area contributed by atoms with Crippen molar-refractivity contribution in [1.82, 2.24) is 0 Å². The SMILES string of the molecule is COc1ccc([N+](=O)[O-])cc1NS(=O)(=O)c1cccc(C(=O)Nc2cc(F)ccc2C)c1. The summed E-state index contributed by atoms with van der Waals surface area (Å²) in [6.45, 7) is 1.69. The molecule has 0 aliphatic heterocycles. The zero-order valence-corrected chi connectivity index (χ0v) is 17.8. The average Bonchev–Trinajstić information content (AvgIpc) is 2.76. The van der Waals surface area contributed by atoms with Crippen LogP contribution >= 0.6 is 0 Å². The second-order valence-electron chi connectivity index (χ2n) is 6.69. The van der Waals surface area contributed by atoms with Crippen molar-refractivity contribution in [1.29, 1.82) is 0 Å². The van der Waals surface area contributed by atoms with E-state index in [1.54, 1.807) is 6.92 Å². The monoisotopic (exact) mass is 459 g/mol. The third-order valence-corrected chi connectivity index (χ3v) is 5.86. The van der Waals surface area contributed by atoms with Gasteiger partial charge in [0.05, 0.1) is 22.6 Å². The number of sulfonamides is 1. The molecule has 3 aromatic rings. The number of carbonyl (C=O) groups excluding carboxylic acids is 1. The number of benzene rings is 3. The Bertz CT molecular complexity index is 1310. The summed E-state index contributed by atoms with van der Waals surface area (Å²) in [6.07, 6.45) is 0. The van der Waals surface area contributed by atoms with Crippen molar-refractivity contribution in [2.45, 2.75) is 11.8 Å². The maximum atomic E-state index is 13.5. The van der Waals surface area contributed by atoms with Crippen LogP contribution in [0.15, 0.2) is 65.6 Å². The van der Waals surface area contributed by atoms with Gasteiger partial charge >= 0.3 is 0 Å². The number of anilines is 2. The number of nitro groups is 1. The molecule has 166 valence electrons. The maximum absolute atomic E-state index is 13.5. The molecule has 3 aromatic carbocycles. The van der Waals surface area contributed by atoms with E-state index in [9.17, 15) is 27.7 Å². The number of non-ortho nitro benzene ring substituents is 1. The molecule has 0 saturated carbocycles. The van der Waals surface area contributed by atoms with Crippen LogP contribution in [0.1, 0.15) is 15.9 Å². The molecule has 0 saturated heterocycles. The van der Waals surface area contributed by atoms with Gasteiger partial charge in [0, 0.05) is 23.4 Å². The molecule has 1 amide bonds. The van der Waals surface area contributed by atoms with E-state index < -0.39 is 26.7 Å². The Morgan fingerprint density at radius 3 is 2.50 bits per heavy atom. The number of ether oxygens (including phenoxy) is 1. The van der Waals surface area contributed by atoms with Crippen molar-refractivity contribution in [3.05, 3.63) is 87.7 Å². The van der Waals surface area contributed by atoms with E-state index in [0.717, 1.165) is 18.2 Å². The Hall–Kier alpha value is -3.99. The number of nitrogens with one attached hydrogen (secondary N) is 2. The van der Waals surface area contributed by atoms with Gasteiger partial charge in [-0.3, -0.25) is 19.6 Å². The molecule has 0 aliphatic rings. The molecule has 11 heteroatoms. The Morgan fingerprint density at radius 1 is 1.06 bits per heavy atom. The molecule has 0 spiro atoms. The fraction of sp³-hybridized carbons (Fsp3) is 0.0952. The molecule has 32 heavy (non-hydrogen) atoms. The van der Waals surface area contributed by atoms with Gasteiger partial charge in [-0.2, -0.15) is 0 Å². The summed E-state index contributed by atoms with van der Waals surface area (Å²) in [4.78, 5) is 22.7. The standard InChI is InChI=1S/C21H18FN3O6S/c1-13-6-7-15(22)11-18(13)23-21(26)14-4-3-5-17(10-14)32(29,30)24-19-12-16(25(27)28)8-9-20(19)31-2/h3-12,24H,1-2H3,(H,23,26). The van der Waals surface area contributed by atoms with E-state index in [4.69, 9.17) is 4.74 Å². The molecule has 0 atom stereocenters. The molecule has 9 nitrogen and oxygen atoms in total. The number of methoxy groups -OCH3 is 1. The summed E-state index contributed by atoms with van der Waals surface area (Å²) in [5, 5.41) is 13.6. The first kappa shape index (κ1) is 22.7. The summed E-state index contributed by atoms with van der Waals surface area (Å²) < 4.78 is 46.5. The minimum Gasteiger partial charge on any atom is -0.495 e. The number of rotatable bonds is 7. The quantitative estimate of drug-likeness (QED) is 0.404. The van der Waals surface area contributed by atoms with Crippen LogP contribution < -0.4 is 14.8 Å². The van der Waals surface area contributed by atoms with E-state index in [0.29, 0.717) is 5.56 Å². The number of nitrogens with zero attached hydrogens (tertiary/aromatic N) is 1. The molecule has 2 N–H and O–H groups in total. The van der Waals surface area contributed by atoms with E-state index >= 15 is 0 Å². The van der Waals surface area contributed by atoms with E-state index in [-0.39, 0.29) is 33.3 Å². The Kier molecular flexibility index (Phi) is 6.40. The average molecular weight is 459 g/mol. The summed E-state index contributed by atoms with van der Waals surface area (Å²) in [5.41, 5.74) is 0.433. The largest absolute Gasteiger partial charge is 0.495 e. The van der Waals surface area contributed by atoms with Gasteiger partial charge in [-0.1, -0.05) is 12.1 Å². The maximum Gasteiger partial charge on any atom is 0.271 e. The van der Waals surface area contributed by atoms with E-state index in [1.807, 2.05) is 0 Å². The van der Waals surface area contributed by atoms with Crippen LogP contribution in [0.4, 0.5) is 21.5 Å². The normalized spacial score (nSPS) is 11.0. The van der Waals surface area contributed by atoms with E-state index in [2.05, 4.69) is 10.0 Å². The van der Waals surface area contributed by atoms with Crippen LogP contribution in [-0.2, 0) is 10.0 Å². The van der Waals surface area contributed by atoms with Gasteiger partial charge in [0.25, 0.3) is 21.6 Å². The Balaban J connectivity index is 1.90. The van der Waals surface area contributed by atoms with Crippen molar-refractivity contribution in [2.24, 2.45) is 0 Å². The fourth-order valence-corrected chi connectivity index (χ4v) is 3.93. The number of amides is 1. The summed E-state index contributed by atoms with van der Waals surface area (Å²) in [6, 6.07) is 12.5. The number of hydrogen-bond acceptors (Lipinski definition) is 6. The van der Waals surface area contributed by atoms with Gasteiger partial charge in [-0.15, -0.1) is 0 Å². The number of hydrogen-bond donors (Lipinski definition) is 2. The zero-order chi connectivity index (χ0) is 23.5. The predicted octanol–water partition coefficient (Wildman–Crippen LogP) is 4.10. The minimum atomic E-state index is -4.22. The topological polar surface area (TPSA) is 128 Å². The number of carbonyl (C=O) groups is 1. The first-order valence-corrected chi connectivity index (χ1v) is 10.6. The fourth-order valence-electron chi connectivity index (χ4n) is 2.82. The van der Waals surface area contributed by atoms with Gasteiger partial charge in [0.1, 0.15) is 11.6 Å².